The van der Waals surface area contributed by atoms with Crippen molar-refractivity contribution >= 4 is 23.7 Å². The Kier molecular flexibility index (Phi) is 7.96. The lowest BCUT2D eigenvalue weighted by Gasteiger charge is -2.32. The molecule has 0 spiro atoms. The van der Waals surface area contributed by atoms with Crippen LogP contribution in [0.15, 0.2) is 47.6 Å². The van der Waals surface area contributed by atoms with Crippen LogP contribution in [-0.2, 0) is 6.54 Å². The van der Waals surface area contributed by atoms with Gasteiger partial charge in [-0.25, -0.2) is 9.78 Å². The third-order valence-electron chi connectivity index (χ3n) is 5.26. The second-order valence-corrected chi connectivity index (χ2v) is 8.00. The molecule has 0 saturated carbocycles. The Balaban J connectivity index is 1.39. The number of carbonyl (C=O) groups excluding carboxylic acids is 2. The predicted molar refractivity (Wildman–Crippen MR) is 118 cm³/mol. The number of pyridine rings is 1. The minimum atomic E-state index is -0.177. The molecule has 8 heteroatoms. The Morgan fingerprint density at radius 3 is 2.57 bits per heavy atom. The SMILES string of the molecule is COc1ccc(CNC(=O)NCC2CCN(C(=O)c3cccnc3SC)CC2)cc1. The highest BCUT2D eigenvalue weighted by atomic mass is 32.2. The molecule has 0 radical (unpaired) electrons. The van der Waals surface area contributed by atoms with Gasteiger partial charge in [-0.2, -0.15) is 0 Å². The Labute approximate surface area is 181 Å². The van der Waals surface area contributed by atoms with E-state index in [0.29, 0.717) is 37.7 Å². The molecule has 0 unspecified atom stereocenters. The zero-order valence-corrected chi connectivity index (χ0v) is 18.2. The van der Waals surface area contributed by atoms with E-state index in [1.54, 1.807) is 19.4 Å². The van der Waals surface area contributed by atoms with Crippen LogP contribution in [0.3, 0.4) is 0 Å². The maximum Gasteiger partial charge on any atom is 0.315 e. The van der Waals surface area contributed by atoms with Crippen molar-refractivity contribution in [2.45, 2.75) is 24.4 Å². The van der Waals surface area contributed by atoms with Gasteiger partial charge >= 0.3 is 6.03 Å². The van der Waals surface area contributed by atoms with E-state index in [2.05, 4.69) is 15.6 Å². The molecule has 30 heavy (non-hydrogen) atoms. The third kappa shape index (κ3) is 5.89. The van der Waals surface area contributed by atoms with E-state index in [4.69, 9.17) is 4.74 Å². The number of thioether (sulfide) groups is 1. The predicted octanol–water partition coefficient (Wildman–Crippen LogP) is 3.16. The van der Waals surface area contributed by atoms with Crippen LogP contribution < -0.4 is 15.4 Å². The van der Waals surface area contributed by atoms with Crippen molar-refractivity contribution < 1.29 is 14.3 Å². The largest absolute Gasteiger partial charge is 0.497 e. The van der Waals surface area contributed by atoms with Gasteiger partial charge in [0.25, 0.3) is 5.91 Å². The first kappa shape index (κ1) is 22.0. The van der Waals surface area contributed by atoms with E-state index in [-0.39, 0.29) is 11.9 Å². The Hall–Kier alpha value is -2.74. The summed E-state index contributed by atoms with van der Waals surface area (Å²) in [5.74, 6) is 1.20. The van der Waals surface area contributed by atoms with Crippen LogP contribution in [0.1, 0.15) is 28.8 Å². The summed E-state index contributed by atoms with van der Waals surface area (Å²) in [6.45, 7) is 2.47. The van der Waals surface area contributed by atoms with Gasteiger partial charge < -0.3 is 20.3 Å². The van der Waals surface area contributed by atoms with Crippen molar-refractivity contribution in [3.63, 3.8) is 0 Å². The molecule has 1 aliphatic rings. The van der Waals surface area contributed by atoms with E-state index in [9.17, 15) is 9.59 Å². The number of aromatic nitrogens is 1. The molecule has 2 N–H and O–H groups in total. The second kappa shape index (κ2) is 10.9. The van der Waals surface area contributed by atoms with Crippen LogP contribution in [0, 0.1) is 5.92 Å². The molecule has 7 nitrogen and oxygen atoms in total. The van der Waals surface area contributed by atoms with Gasteiger partial charge in [0.2, 0.25) is 0 Å². The van der Waals surface area contributed by atoms with Crippen molar-refractivity contribution in [1.82, 2.24) is 20.5 Å². The van der Waals surface area contributed by atoms with Gasteiger partial charge in [-0.15, -0.1) is 11.8 Å². The summed E-state index contributed by atoms with van der Waals surface area (Å²) in [5, 5.41) is 6.58. The lowest BCUT2D eigenvalue weighted by molar-refractivity contribution is 0.0686. The monoisotopic (exact) mass is 428 g/mol. The summed E-state index contributed by atoms with van der Waals surface area (Å²) in [5.41, 5.74) is 1.68. The number of ether oxygens (including phenoxy) is 1. The highest BCUT2D eigenvalue weighted by molar-refractivity contribution is 7.98. The van der Waals surface area contributed by atoms with Crippen molar-refractivity contribution in [3.8, 4) is 5.75 Å². The number of piperidine rings is 1. The molecule has 1 aromatic heterocycles. The molecular formula is C22H28N4O3S. The molecule has 0 aliphatic carbocycles. The van der Waals surface area contributed by atoms with E-state index in [1.165, 1.54) is 11.8 Å². The van der Waals surface area contributed by atoms with Crippen molar-refractivity contribution in [3.05, 3.63) is 53.7 Å². The molecule has 1 aromatic carbocycles. The van der Waals surface area contributed by atoms with E-state index in [0.717, 1.165) is 29.2 Å². The normalized spacial score (nSPS) is 14.3. The number of nitrogens with one attached hydrogen (secondary N) is 2. The van der Waals surface area contributed by atoms with Crippen LogP contribution in [-0.4, -0.2) is 54.8 Å². The molecule has 1 aliphatic heterocycles. The molecule has 1 fully saturated rings. The standard InChI is InChI=1S/C22H28N4O3S/c1-29-18-7-5-16(6-8-18)14-24-22(28)25-15-17-9-12-26(13-10-17)21(27)19-4-3-11-23-20(19)30-2/h3-8,11,17H,9-10,12-15H2,1-2H3,(H2,24,25,28). The van der Waals surface area contributed by atoms with Gasteiger partial charge in [-0.05, 0) is 54.8 Å². The van der Waals surface area contributed by atoms with Crippen LogP contribution in [0.5, 0.6) is 5.75 Å². The van der Waals surface area contributed by atoms with Gasteiger partial charge in [0, 0.05) is 32.4 Å². The van der Waals surface area contributed by atoms with Gasteiger partial charge in [0.1, 0.15) is 10.8 Å². The van der Waals surface area contributed by atoms with Crippen LogP contribution in [0.2, 0.25) is 0 Å². The van der Waals surface area contributed by atoms with Gasteiger partial charge in [-0.3, -0.25) is 4.79 Å². The molecule has 0 bridgehead atoms. The Bertz CT molecular complexity index is 852. The van der Waals surface area contributed by atoms with Gasteiger partial charge in [0.05, 0.1) is 12.7 Å². The minimum absolute atomic E-state index is 0.0380. The highest BCUT2D eigenvalue weighted by Gasteiger charge is 2.25. The number of hydrogen-bond donors (Lipinski definition) is 2. The van der Waals surface area contributed by atoms with Crippen LogP contribution >= 0.6 is 11.8 Å². The second-order valence-electron chi connectivity index (χ2n) is 7.21. The first-order chi connectivity index (χ1) is 14.6. The van der Waals surface area contributed by atoms with E-state index < -0.39 is 0 Å². The average Bonchev–Trinajstić information content (AvgIpc) is 2.81. The molecule has 1 saturated heterocycles. The number of carbonyl (C=O) groups is 2. The smallest absolute Gasteiger partial charge is 0.315 e. The topological polar surface area (TPSA) is 83.6 Å². The number of benzene rings is 1. The molecule has 160 valence electrons. The zero-order valence-electron chi connectivity index (χ0n) is 17.4. The number of rotatable bonds is 7. The third-order valence-corrected chi connectivity index (χ3v) is 5.97. The number of amides is 3. The van der Waals surface area contributed by atoms with Crippen molar-refractivity contribution in [2.75, 3.05) is 33.0 Å². The first-order valence-corrected chi connectivity index (χ1v) is 11.3. The van der Waals surface area contributed by atoms with E-state index >= 15 is 0 Å². The fourth-order valence-electron chi connectivity index (χ4n) is 3.45. The number of hydrogen-bond acceptors (Lipinski definition) is 5. The molecule has 3 amide bonds. The Morgan fingerprint density at radius 2 is 1.90 bits per heavy atom. The summed E-state index contributed by atoms with van der Waals surface area (Å²) in [4.78, 5) is 31.1. The lowest BCUT2D eigenvalue weighted by Crippen LogP contribution is -2.43. The first-order valence-electron chi connectivity index (χ1n) is 10.0. The number of urea groups is 1. The molecule has 2 heterocycles. The Morgan fingerprint density at radius 1 is 1.17 bits per heavy atom. The molecule has 3 rings (SSSR count). The average molecular weight is 429 g/mol. The highest BCUT2D eigenvalue weighted by Crippen LogP contribution is 2.22. The van der Waals surface area contributed by atoms with Crippen LogP contribution in [0.25, 0.3) is 0 Å². The summed E-state index contributed by atoms with van der Waals surface area (Å²) in [6, 6.07) is 11.1. The maximum atomic E-state index is 12.8. The molecular weight excluding hydrogens is 400 g/mol. The quantitative estimate of drug-likeness (QED) is 0.662. The summed E-state index contributed by atoms with van der Waals surface area (Å²) in [6.07, 6.45) is 5.38. The zero-order chi connectivity index (χ0) is 21.3. The van der Waals surface area contributed by atoms with Crippen molar-refractivity contribution in [2.24, 2.45) is 5.92 Å². The van der Waals surface area contributed by atoms with E-state index in [1.807, 2.05) is 41.5 Å². The van der Waals surface area contributed by atoms with Crippen molar-refractivity contribution in [1.29, 1.82) is 0 Å². The summed E-state index contributed by atoms with van der Waals surface area (Å²) >= 11 is 1.49. The summed E-state index contributed by atoms with van der Waals surface area (Å²) in [7, 11) is 1.63. The number of likely N-dealkylation sites (tertiary alicyclic amines) is 1. The lowest BCUT2D eigenvalue weighted by atomic mass is 9.96. The fourth-order valence-corrected chi connectivity index (χ4v) is 3.99. The molecule has 2 aromatic rings. The number of methoxy groups -OCH3 is 1. The fraction of sp³-hybridized carbons (Fsp3) is 0.409. The summed E-state index contributed by atoms with van der Waals surface area (Å²) < 4.78 is 5.13. The maximum absolute atomic E-state index is 12.8. The van der Waals surface area contributed by atoms with Gasteiger partial charge in [0.15, 0.2) is 0 Å². The van der Waals surface area contributed by atoms with Gasteiger partial charge in [-0.1, -0.05) is 12.1 Å². The van der Waals surface area contributed by atoms with Crippen LogP contribution in [0.4, 0.5) is 4.79 Å². The number of nitrogens with zero attached hydrogens (tertiary/aromatic N) is 2. The minimum Gasteiger partial charge on any atom is -0.497 e. The molecule has 0 atom stereocenters.